The van der Waals surface area contributed by atoms with Crippen LogP contribution < -0.4 is 0 Å². The number of ketones is 1. The number of rotatable bonds is 3. The molecule has 2 rings (SSSR count). The van der Waals surface area contributed by atoms with Gasteiger partial charge in [-0.05, 0) is 24.3 Å². The lowest BCUT2D eigenvalue weighted by molar-refractivity contribution is 0.0988. The molecule has 0 aliphatic rings. The van der Waals surface area contributed by atoms with Crippen molar-refractivity contribution in [1.82, 2.24) is 4.98 Å². The van der Waals surface area contributed by atoms with E-state index in [-0.39, 0.29) is 22.8 Å². The summed E-state index contributed by atoms with van der Waals surface area (Å²) in [6.45, 7) is 0. The minimum Gasteiger partial charge on any atom is -0.294 e. The molecule has 1 heterocycles. The molecule has 0 saturated heterocycles. The summed E-state index contributed by atoms with van der Waals surface area (Å²) in [5.74, 6) is -1.00. The topological polar surface area (TPSA) is 30.0 Å². The average molecular weight is 250 g/mol. The van der Waals surface area contributed by atoms with Crippen molar-refractivity contribution >= 4 is 17.4 Å². The highest BCUT2D eigenvalue weighted by molar-refractivity contribution is 6.31. The SMILES string of the molecule is O=C(Cc1ccccn1)c1cccc(Cl)c1F. The molecule has 86 valence electrons. The zero-order chi connectivity index (χ0) is 12.3. The van der Waals surface area contributed by atoms with E-state index in [2.05, 4.69) is 4.98 Å². The maximum Gasteiger partial charge on any atom is 0.171 e. The van der Waals surface area contributed by atoms with Crippen molar-refractivity contribution < 1.29 is 9.18 Å². The molecule has 2 aromatic rings. The lowest BCUT2D eigenvalue weighted by Crippen LogP contribution is -2.07. The lowest BCUT2D eigenvalue weighted by Gasteiger charge is -2.03. The monoisotopic (exact) mass is 249 g/mol. The molecule has 4 heteroatoms. The van der Waals surface area contributed by atoms with E-state index in [9.17, 15) is 9.18 Å². The Hall–Kier alpha value is -1.74. The number of halogens is 2. The molecule has 2 nitrogen and oxygen atoms in total. The van der Waals surface area contributed by atoms with Crippen LogP contribution in [-0.4, -0.2) is 10.8 Å². The van der Waals surface area contributed by atoms with Gasteiger partial charge in [-0.1, -0.05) is 23.7 Å². The Labute approximate surface area is 103 Å². The summed E-state index contributed by atoms with van der Waals surface area (Å²) < 4.78 is 13.6. The molecule has 0 aliphatic carbocycles. The summed E-state index contributed by atoms with van der Waals surface area (Å²) in [6, 6.07) is 9.65. The van der Waals surface area contributed by atoms with Gasteiger partial charge in [0.1, 0.15) is 0 Å². The molecule has 17 heavy (non-hydrogen) atoms. The van der Waals surface area contributed by atoms with Gasteiger partial charge in [0, 0.05) is 11.9 Å². The van der Waals surface area contributed by atoms with Gasteiger partial charge in [0.05, 0.1) is 17.0 Å². The van der Waals surface area contributed by atoms with Gasteiger partial charge >= 0.3 is 0 Å². The molecule has 0 bridgehead atoms. The third kappa shape index (κ3) is 2.68. The Morgan fingerprint density at radius 2 is 2.06 bits per heavy atom. The van der Waals surface area contributed by atoms with Crippen LogP contribution in [0.25, 0.3) is 0 Å². The first-order valence-electron chi connectivity index (χ1n) is 5.05. The molecule has 0 amide bonds. The maximum absolute atomic E-state index is 13.6. The smallest absolute Gasteiger partial charge is 0.171 e. The third-order valence-corrected chi connectivity index (χ3v) is 2.61. The third-order valence-electron chi connectivity index (χ3n) is 2.32. The fraction of sp³-hybridized carbons (Fsp3) is 0.0769. The van der Waals surface area contributed by atoms with E-state index in [1.54, 1.807) is 30.5 Å². The second kappa shape index (κ2) is 5.06. The summed E-state index contributed by atoms with van der Waals surface area (Å²) in [5.41, 5.74) is 0.611. The van der Waals surface area contributed by atoms with Crippen LogP contribution in [0.2, 0.25) is 5.02 Å². The van der Waals surface area contributed by atoms with Crippen LogP contribution in [0.15, 0.2) is 42.6 Å². The van der Waals surface area contributed by atoms with Gasteiger partial charge in [0.15, 0.2) is 11.6 Å². The van der Waals surface area contributed by atoms with Crippen LogP contribution in [0.3, 0.4) is 0 Å². The molecule has 0 radical (unpaired) electrons. The van der Waals surface area contributed by atoms with Gasteiger partial charge in [-0.3, -0.25) is 9.78 Å². The first-order chi connectivity index (χ1) is 8.18. The second-order valence-corrected chi connectivity index (χ2v) is 3.93. The molecule has 0 spiro atoms. The van der Waals surface area contributed by atoms with Gasteiger partial charge in [0.2, 0.25) is 0 Å². The van der Waals surface area contributed by atoms with E-state index < -0.39 is 5.82 Å². The average Bonchev–Trinajstić information content (AvgIpc) is 2.34. The maximum atomic E-state index is 13.6. The zero-order valence-corrected chi connectivity index (χ0v) is 9.62. The summed E-state index contributed by atoms with van der Waals surface area (Å²) >= 11 is 5.62. The summed E-state index contributed by atoms with van der Waals surface area (Å²) in [5, 5.41) is -0.0446. The first kappa shape index (κ1) is 11.7. The molecule has 0 N–H and O–H groups in total. The van der Waals surface area contributed by atoms with Gasteiger partial charge in [-0.15, -0.1) is 0 Å². The number of Topliss-reactive ketones (excluding diaryl/α,β-unsaturated/α-hetero) is 1. The van der Waals surface area contributed by atoms with E-state index in [0.29, 0.717) is 5.69 Å². The number of aromatic nitrogens is 1. The number of hydrogen-bond acceptors (Lipinski definition) is 2. The van der Waals surface area contributed by atoms with Crippen LogP contribution in [0.4, 0.5) is 4.39 Å². The Balaban J connectivity index is 2.24. The van der Waals surface area contributed by atoms with E-state index >= 15 is 0 Å². The Kier molecular flexibility index (Phi) is 3.49. The van der Waals surface area contributed by atoms with Crippen molar-refractivity contribution in [3.8, 4) is 0 Å². The number of benzene rings is 1. The molecular formula is C13H9ClFNO. The predicted molar refractivity (Wildman–Crippen MR) is 63.7 cm³/mol. The van der Waals surface area contributed by atoms with Crippen LogP contribution in [-0.2, 0) is 6.42 Å². The largest absolute Gasteiger partial charge is 0.294 e. The van der Waals surface area contributed by atoms with Crippen LogP contribution in [0, 0.1) is 5.82 Å². The number of nitrogens with zero attached hydrogens (tertiary/aromatic N) is 1. The van der Waals surface area contributed by atoms with Crippen molar-refractivity contribution in [2.24, 2.45) is 0 Å². The zero-order valence-electron chi connectivity index (χ0n) is 8.86. The lowest BCUT2D eigenvalue weighted by atomic mass is 10.1. The second-order valence-electron chi connectivity index (χ2n) is 3.52. The minimum absolute atomic E-state index is 0.00292. The molecule has 0 fully saturated rings. The van der Waals surface area contributed by atoms with Crippen LogP contribution >= 0.6 is 11.6 Å². The number of pyridine rings is 1. The summed E-state index contributed by atoms with van der Waals surface area (Å²) in [6.07, 6.45) is 1.66. The number of carbonyl (C=O) groups is 1. The fourth-order valence-corrected chi connectivity index (χ4v) is 1.66. The molecule has 0 unspecified atom stereocenters. The standard InChI is InChI=1S/C13H9ClFNO/c14-11-6-3-5-10(13(11)15)12(17)8-9-4-1-2-7-16-9/h1-7H,8H2. The van der Waals surface area contributed by atoms with Crippen molar-refractivity contribution in [3.05, 3.63) is 64.7 Å². The minimum atomic E-state index is -0.671. The quantitative estimate of drug-likeness (QED) is 0.782. The van der Waals surface area contributed by atoms with Crippen molar-refractivity contribution in [1.29, 1.82) is 0 Å². The summed E-state index contributed by atoms with van der Waals surface area (Å²) in [7, 11) is 0. The highest BCUT2D eigenvalue weighted by Crippen LogP contribution is 2.19. The van der Waals surface area contributed by atoms with E-state index in [0.717, 1.165) is 0 Å². The van der Waals surface area contributed by atoms with Crippen LogP contribution in [0.5, 0.6) is 0 Å². The molecule has 0 aliphatic heterocycles. The van der Waals surface area contributed by atoms with Crippen molar-refractivity contribution in [2.45, 2.75) is 6.42 Å². The normalized spacial score (nSPS) is 10.2. The van der Waals surface area contributed by atoms with Gasteiger partial charge in [-0.2, -0.15) is 0 Å². The highest BCUT2D eigenvalue weighted by Gasteiger charge is 2.14. The van der Waals surface area contributed by atoms with E-state index in [1.165, 1.54) is 12.1 Å². The summed E-state index contributed by atoms with van der Waals surface area (Å²) in [4.78, 5) is 15.9. The van der Waals surface area contributed by atoms with Crippen molar-refractivity contribution in [2.75, 3.05) is 0 Å². The van der Waals surface area contributed by atoms with Crippen molar-refractivity contribution in [3.63, 3.8) is 0 Å². The van der Waals surface area contributed by atoms with E-state index in [1.807, 2.05) is 0 Å². The predicted octanol–water partition coefficient (Wildman–Crippen LogP) is 3.30. The molecule has 0 atom stereocenters. The van der Waals surface area contributed by atoms with Gasteiger partial charge < -0.3 is 0 Å². The van der Waals surface area contributed by atoms with Crippen LogP contribution in [0.1, 0.15) is 16.1 Å². The number of hydrogen-bond donors (Lipinski definition) is 0. The Morgan fingerprint density at radius 1 is 1.24 bits per heavy atom. The van der Waals surface area contributed by atoms with Gasteiger partial charge in [0.25, 0.3) is 0 Å². The van der Waals surface area contributed by atoms with E-state index in [4.69, 9.17) is 11.6 Å². The molecule has 0 saturated carbocycles. The van der Waals surface area contributed by atoms with Gasteiger partial charge in [-0.25, -0.2) is 4.39 Å². The fourth-order valence-electron chi connectivity index (χ4n) is 1.48. The molecule has 1 aromatic heterocycles. The Bertz CT molecular complexity index is 542. The Morgan fingerprint density at radius 3 is 2.76 bits per heavy atom. The molecule has 1 aromatic carbocycles. The number of carbonyl (C=O) groups excluding carboxylic acids is 1. The highest BCUT2D eigenvalue weighted by atomic mass is 35.5. The first-order valence-corrected chi connectivity index (χ1v) is 5.43. The molecular weight excluding hydrogens is 241 g/mol.